The van der Waals surface area contributed by atoms with Gasteiger partial charge < -0.3 is 4.90 Å². The molecule has 0 unspecified atom stereocenters. The second-order valence-electron chi connectivity index (χ2n) is 5.93. The summed E-state index contributed by atoms with van der Waals surface area (Å²) in [5.74, 6) is 1.02. The van der Waals surface area contributed by atoms with Crippen LogP contribution in [0, 0.1) is 25.2 Å². The smallest absolute Gasteiger partial charge is 0.139 e. The van der Waals surface area contributed by atoms with E-state index in [0.717, 1.165) is 49.3 Å². The first kappa shape index (κ1) is 14.7. The minimum absolute atomic E-state index is 0.511. The van der Waals surface area contributed by atoms with Gasteiger partial charge in [-0.3, -0.25) is 4.90 Å². The Morgan fingerprint density at radius 2 is 1.91 bits per heavy atom. The Balaban J connectivity index is 1.93. The lowest BCUT2D eigenvalue weighted by atomic mass is 10.1. The highest BCUT2D eigenvalue weighted by Crippen LogP contribution is 2.26. The molecule has 0 saturated carbocycles. The van der Waals surface area contributed by atoms with Crippen molar-refractivity contribution in [2.24, 2.45) is 0 Å². The maximum atomic E-state index is 8.87. The molecule has 1 fully saturated rings. The molecule has 0 spiro atoms. The highest BCUT2D eigenvalue weighted by Gasteiger charge is 2.18. The summed E-state index contributed by atoms with van der Waals surface area (Å²) < 4.78 is 0. The van der Waals surface area contributed by atoms with Gasteiger partial charge in [-0.1, -0.05) is 0 Å². The molecule has 5 heteroatoms. The van der Waals surface area contributed by atoms with Crippen LogP contribution in [0.1, 0.15) is 17.5 Å². The van der Waals surface area contributed by atoms with Crippen LogP contribution in [0.3, 0.4) is 0 Å². The van der Waals surface area contributed by atoms with E-state index in [1.807, 2.05) is 0 Å². The van der Waals surface area contributed by atoms with Crippen LogP contribution >= 0.6 is 0 Å². The third kappa shape index (κ3) is 2.88. The summed E-state index contributed by atoms with van der Waals surface area (Å²) in [6, 6.07) is 6.57. The average molecular weight is 295 g/mol. The summed E-state index contributed by atoms with van der Waals surface area (Å²) in [7, 11) is 0. The third-order valence-corrected chi connectivity index (χ3v) is 4.41. The second-order valence-corrected chi connectivity index (χ2v) is 5.93. The van der Waals surface area contributed by atoms with Crippen LogP contribution in [0.2, 0.25) is 0 Å². The van der Waals surface area contributed by atoms with Crippen LogP contribution in [-0.2, 0) is 0 Å². The molecule has 1 aliphatic rings. The first-order valence-electron chi connectivity index (χ1n) is 7.75. The Bertz CT molecular complexity index is 719. The van der Waals surface area contributed by atoms with Gasteiger partial charge in [0.2, 0.25) is 0 Å². The Hall–Kier alpha value is -2.19. The molecule has 2 aromatic rings. The lowest BCUT2D eigenvalue weighted by molar-refractivity contribution is 0.329. The summed E-state index contributed by atoms with van der Waals surface area (Å²) in [6.45, 7) is 8.51. The van der Waals surface area contributed by atoms with E-state index in [4.69, 9.17) is 5.26 Å². The van der Waals surface area contributed by atoms with Crippen molar-refractivity contribution in [2.45, 2.75) is 20.3 Å². The predicted molar refractivity (Wildman–Crippen MR) is 87.9 cm³/mol. The van der Waals surface area contributed by atoms with Crippen LogP contribution in [0.5, 0.6) is 0 Å². The molecule has 0 aliphatic carbocycles. The molecule has 1 saturated heterocycles. The van der Waals surface area contributed by atoms with Crippen molar-refractivity contribution < 1.29 is 0 Å². The lowest BCUT2D eigenvalue weighted by Crippen LogP contribution is -2.31. The number of nitrogens with zero attached hydrogens (tertiary/aromatic N) is 5. The highest BCUT2D eigenvalue weighted by atomic mass is 15.2. The first-order valence-corrected chi connectivity index (χ1v) is 7.75. The molecule has 1 aliphatic heterocycles. The summed E-state index contributed by atoms with van der Waals surface area (Å²) >= 11 is 0. The molecule has 0 bridgehead atoms. The third-order valence-electron chi connectivity index (χ3n) is 4.41. The SMILES string of the molecule is Cc1cc2ncnc(N3CCCN(CC#N)CC3)c2cc1C. The van der Waals surface area contributed by atoms with Gasteiger partial charge in [-0.05, 0) is 43.5 Å². The molecule has 0 N–H and O–H groups in total. The molecule has 0 atom stereocenters. The van der Waals surface area contributed by atoms with E-state index in [2.05, 4.69) is 51.8 Å². The molecule has 114 valence electrons. The number of fused-ring (bicyclic) bond motifs is 1. The van der Waals surface area contributed by atoms with Crippen molar-refractivity contribution in [2.75, 3.05) is 37.6 Å². The van der Waals surface area contributed by atoms with Gasteiger partial charge in [-0.25, -0.2) is 9.97 Å². The van der Waals surface area contributed by atoms with Gasteiger partial charge in [-0.15, -0.1) is 0 Å². The van der Waals surface area contributed by atoms with E-state index in [9.17, 15) is 0 Å². The quantitative estimate of drug-likeness (QED) is 0.796. The lowest BCUT2D eigenvalue weighted by Gasteiger charge is -2.23. The molecule has 0 radical (unpaired) electrons. The Labute approximate surface area is 131 Å². The summed E-state index contributed by atoms with van der Waals surface area (Å²) in [5.41, 5.74) is 3.53. The zero-order valence-electron chi connectivity index (χ0n) is 13.2. The van der Waals surface area contributed by atoms with Crippen molar-refractivity contribution in [3.8, 4) is 6.07 Å². The molecular formula is C17H21N5. The number of benzene rings is 1. The van der Waals surface area contributed by atoms with Crippen molar-refractivity contribution in [3.05, 3.63) is 29.6 Å². The predicted octanol–water partition coefficient (Wildman–Crippen LogP) is 2.28. The van der Waals surface area contributed by atoms with Gasteiger partial charge in [0.15, 0.2) is 0 Å². The zero-order valence-corrected chi connectivity index (χ0v) is 13.2. The topological polar surface area (TPSA) is 56.1 Å². The van der Waals surface area contributed by atoms with Crippen LogP contribution in [0.4, 0.5) is 5.82 Å². The molecule has 0 amide bonds. The molecule has 1 aromatic carbocycles. The second kappa shape index (κ2) is 6.29. The van der Waals surface area contributed by atoms with Gasteiger partial charge >= 0.3 is 0 Å². The van der Waals surface area contributed by atoms with Crippen LogP contribution in [0.15, 0.2) is 18.5 Å². The Morgan fingerprint density at radius 1 is 1.09 bits per heavy atom. The van der Waals surface area contributed by atoms with Crippen LogP contribution in [-0.4, -0.2) is 47.6 Å². The summed E-state index contributed by atoms with van der Waals surface area (Å²) in [6.07, 6.45) is 2.71. The molecule has 2 heterocycles. The zero-order chi connectivity index (χ0) is 15.5. The number of hydrogen-bond acceptors (Lipinski definition) is 5. The number of rotatable bonds is 2. The van der Waals surface area contributed by atoms with Crippen LogP contribution < -0.4 is 4.90 Å². The van der Waals surface area contributed by atoms with E-state index < -0.39 is 0 Å². The fourth-order valence-electron chi connectivity index (χ4n) is 2.99. The van der Waals surface area contributed by atoms with E-state index >= 15 is 0 Å². The van der Waals surface area contributed by atoms with Gasteiger partial charge in [0, 0.05) is 31.6 Å². The molecule has 22 heavy (non-hydrogen) atoms. The van der Waals surface area contributed by atoms with Gasteiger partial charge in [0.25, 0.3) is 0 Å². The molecule has 1 aromatic heterocycles. The number of aromatic nitrogens is 2. The Kier molecular flexibility index (Phi) is 4.21. The highest BCUT2D eigenvalue weighted by molar-refractivity contribution is 5.90. The van der Waals surface area contributed by atoms with Crippen molar-refractivity contribution in [1.82, 2.24) is 14.9 Å². The number of aryl methyl sites for hydroxylation is 2. The molecule has 3 rings (SSSR count). The minimum Gasteiger partial charge on any atom is -0.355 e. The van der Waals surface area contributed by atoms with E-state index in [-0.39, 0.29) is 0 Å². The van der Waals surface area contributed by atoms with Gasteiger partial charge in [-0.2, -0.15) is 5.26 Å². The number of anilines is 1. The van der Waals surface area contributed by atoms with E-state index in [1.165, 1.54) is 11.1 Å². The van der Waals surface area contributed by atoms with Gasteiger partial charge in [0.1, 0.15) is 12.1 Å². The summed E-state index contributed by atoms with van der Waals surface area (Å²) in [5, 5.41) is 9.99. The summed E-state index contributed by atoms with van der Waals surface area (Å²) in [4.78, 5) is 13.5. The fourth-order valence-corrected chi connectivity index (χ4v) is 2.99. The minimum atomic E-state index is 0.511. The number of hydrogen-bond donors (Lipinski definition) is 0. The van der Waals surface area contributed by atoms with Crippen molar-refractivity contribution >= 4 is 16.7 Å². The number of nitriles is 1. The van der Waals surface area contributed by atoms with Gasteiger partial charge in [0.05, 0.1) is 18.1 Å². The van der Waals surface area contributed by atoms with Crippen molar-refractivity contribution in [1.29, 1.82) is 5.26 Å². The maximum absolute atomic E-state index is 8.87. The average Bonchev–Trinajstić information content (AvgIpc) is 2.74. The monoisotopic (exact) mass is 295 g/mol. The first-order chi connectivity index (χ1) is 10.7. The fraction of sp³-hybridized carbons (Fsp3) is 0.471. The standard InChI is InChI=1S/C17H21N5/c1-13-10-15-16(11-14(13)2)19-12-20-17(15)22-6-3-5-21(7-4-18)8-9-22/h10-12H,3,5-9H2,1-2H3. The van der Waals surface area contributed by atoms with Crippen molar-refractivity contribution in [3.63, 3.8) is 0 Å². The van der Waals surface area contributed by atoms with E-state index in [1.54, 1.807) is 6.33 Å². The normalized spacial score (nSPS) is 16.5. The maximum Gasteiger partial charge on any atom is 0.139 e. The van der Waals surface area contributed by atoms with E-state index in [0.29, 0.717) is 6.54 Å². The Morgan fingerprint density at radius 3 is 2.73 bits per heavy atom. The van der Waals surface area contributed by atoms with Crippen LogP contribution in [0.25, 0.3) is 10.9 Å². The largest absolute Gasteiger partial charge is 0.355 e. The molecular weight excluding hydrogens is 274 g/mol. The molecule has 5 nitrogen and oxygen atoms in total.